The summed E-state index contributed by atoms with van der Waals surface area (Å²) in [6, 6.07) is 4.05. The Bertz CT molecular complexity index is 863. The maximum absolute atomic E-state index is 13.1. The van der Waals surface area contributed by atoms with Crippen LogP contribution in [0.2, 0.25) is 0 Å². The first kappa shape index (κ1) is 18.0. The van der Waals surface area contributed by atoms with Crippen LogP contribution < -0.4 is 0 Å². The van der Waals surface area contributed by atoms with E-state index >= 15 is 0 Å². The number of rotatable bonds is 5. The number of carbonyl (C=O) groups excluding carboxylic acids is 1. The number of hydrogen-bond acceptors (Lipinski definition) is 6. The Labute approximate surface area is 164 Å². The Kier molecular flexibility index (Phi) is 4.55. The third kappa shape index (κ3) is 3.39. The molecule has 0 radical (unpaired) electrons. The minimum absolute atomic E-state index is 0.0728. The SMILES string of the molecule is CN(C)[C@@H]1C[C@@H]2CN(C(=O)c3ccc4nnnn4c3)C[C@@H]2C[C@H]1OCC1CC1. The van der Waals surface area contributed by atoms with Gasteiger partial charge in [0, 0.05) is 31.9 Å². The lowest BCUT2D eigenvalue weighted by Gasteiger charge is -2.41. The Morgan fingerprint density at radius 2 is 2.00 bits per heavy atom. The molecule has 0 bridgehead atoms. The van der Waals surface area contributed by atoms with Crippen LogP contribution in [0.3, 0.4) is 0 Å². The number of likely N-dealkylation sites (N-methyl/N-ethyl adjacent to an activating group) is 1. The van der Waals surface area contributed by atoms with Gasteiger partial charge in [0.25, 0.3) is 5.91 Å². The van der Waals surface area contributed by atoms with E-state index in [1.165, 1.54) is 12.8 Å². The van der Waals surface area contributed by atoms with Crippen LogP contribution in [0.4, 0.5) is 0 Å². The Morgan fingerprint density at radius 3 is 2.75 bits per heavy atom. The van der Waals surface area contributed by atoms with Crippen LogP contribution in [0.5, 0.6) is 0 Å². The first-order chi connectivity index (χ1) is 13.6. The molecule has 1 aliphatic heterocycles. The summed E-state index contributed by atoms with van der Waals surface area (Å²) in [6.07, 6.45) is 6.80. The van der Waals surface area contributed by atoms with Gasteiger partial charge in [0.2, 0.25) is 0 Å². The van der Waals surface area contributed by atoms with Crippen LogP contribution >= 0.6 is 0 Å². The number of likely N-dealkylation sites (tertiary alicyclic amines) is 1. The van der Waals surface area contributed by atoms with E-state index in [0.717, 1.165) is 38.5 Å². The van der Waals surface area contributed by atoms with Gasteiger partial charge in [0.15, 0.2) is 5.65 Å². The van der Waals surface area contributed by atoms with Crippen molar-refractivity contribution in [3.05, 3.63) is 23.9 Å². The van der Waals surface area contributed by atoms with Crippen molar-refractivity contribution in [1.29, 1.82) is 0 Å². The predicted octanol–water partition coefficient (Wildman–Crippen LogP) is 1.33. The zero-order valence-corrected chi connectivity index (χ0v) is 16.6. The van der Waals surface area contributed by atoms with Gasteiger partial charge in [-0.15, -0.1) is 5.10 Å². The zero-order chi connectivity index (χ0) is 19.3. The van der Waals surface area contributed by atoms with Crippen molar-refractivity contribution in [3.8, 4) is 0 Å². The number of amides is 1. The van der Waals surface area contributed by atoms with E-state index in [0.29, 0.717) is 29.1 Å². The molecule has 3 fully saturated rings. The maximum Gasteiger partial charge on any atom is 0.255 e. The smallest absolute Gasteiger partial charge is 0.255 e. The third-order valence-electron chi connectivity index (χ3n) is 6.72. The molecule has 0 spiro atoms. The van der Waals surface area contributed by atoms with Crippen LogP contribution in [0.15, 0.2) is 18.3 Å². The molecule has 2 aromatic heterocycles. The normalized spacial score (nSPS) is 30.2. The summed E-state index contributed by atoms with van der Waals surface area (Å²) in [5.41, 5.74) is 1.29. The summed E-state index contributed by atoms with van der Waals surface area (Å²) in [5.74, 6) is 1.93. The lowest BCUT2D eigenvalue weighted by molar-refractivity contribution is -0.0493. The largest absolute Gasteiger partial charge is 0.376 e. The van der Waals surface area contributed by atoms with E-state index in [9.17, 15) is 4.79 Å². The van der Waals surface area contributed by atoms with Gasteiger partial charge in [0.05, 0.1) is 11.7 Å². The Balaban J connectivity index is 1.28. The van der Waals surface area contributed by atoms with Gasteiger partial charge in [-0.25, -0.2) is 0 Å². The van der Waals surface area contributed by atoms with Crippen LogP contribution in [0, 0.1) is 17.8 Å². The highest BCUT2D eigenvalue weighted by molar-refractivity contribution is 5.94. The average molecular weight is 384 g/mol. The van der Waals surface area contributed by atoms with E-state index in [1.54, 1.807) is 16.8 Å². The second-order valence-electron chi connectivity index (χ2n) is 8.95. The van der Waals surface area contributed by atoms with Crippen molar-refractivity contribution in [2.45, 2.75) is 37.8 Å². The monoisotopic (exact) mass is 384 g/mol. The fraction of sp³-hybridized carbons (Fsp3) is 0.700. The van der Waals surface area contributed by atoms with Crippen molar-refractivity contribution < 1.29 is 9.53 Å². The van der Waals surface area contributed by atoms with Crippen molar-refractivity contribution in [3.63, 3.8) is 0 Å². The Morgan fingerprint density at radius 1 is 1.21 bits per heavy atom. The molecule has 2 saturated carbocycles. The number of hydrogen-bond donors (Lipinski definition) is 0. The average Bonchev–Trinajstić information content (AvgIpc) is 3.24. The molecule has 2 aromatic rings. The summed E-state index contributed by atoms with van der Waals surface area (Å²) < 4.78 is 7.89. The van der Waals surface area contributed by atoms with Gasteiger partial charge in [-0.1, -0.05) is 0 Å². The van der Waals surface area contributed by atoms with Gasteiger partial charge in [-0.05, 0) is 80.1 Å². The van der Waals surface area contributed by atoms with Crippen LogP contribution in [0.1, 0.15) is 36.0 Å². The van der Waals surface area contributed by atoms with Gasteiger partial charge in [0.1, 0.15) is 0 Å². The molecule has 150 valence electrons. The molecule has 0 unspecified atom stereocenters. The third-order valence-corrected chi connectivity index (χ3v) is 6.72. The number of fused-ring (bicyclic) bond motifs is 2. The highest BCUT2D eigenvalue weighted by Gasteiger charge is 2.45. The summed E-state index contributed by atoms with van der Waals surface area (Å²) in [6.45, 7) is 2.55. The van der Waals surface area contributed by atoms with Crippen molar-refractivity contribution >= 4 is 11.6 Å². The van der Waals surface area contributed by atoms with E-state index in [1.807, 2.05) is 11.0 Å². The zero-order valence-electron chi connectivity index (χ0n) is 16.6. The van der Waals surface area contributed by atoms with Crippen molar-refractivity contribution in [2.24, 2.45) is 17.8 Å². The van der Waals surface area contributed by atoms with E-state index < -0.39 is 0 Å². The lowest BCUT2D eigenvalue weighted by atomic mass is 9.77. The molecular formula is C20H28N6O2. The molecule has 5 rings (SSSR count). The highest BCUT2D eigenvalue weighted by atomic mass is 16.5. The van der Waals surface area contributed by atoms with Crippen molar-refractivity contribution in [1.82, 2.24) is 29.8 Å². The Hall–Kier alpha value is -2.06. The fourth-order valence-corrected chi connectivity index (χ4v) is 4.87. The van der Waals surface area contributed by atoms with E-state index in [2.05, 4.69) is 34.5 Å². The van der Waals surface area contributed by atoms with Crippen LogP contribution in [-0.4, -0.2) is 81.7 Å². The van der Waals surface area contributed by atoms with Gasteiger partial charge in [-0.2, -0.15) is 4.52 Å². The highest BCUT2D eigenvalue weighted by Crippen LogP contribution is 2.40. The quantitative estimate of drug-likeness (QED) is 0.774. The molecule has 2 aliphatic carbocycles. The van der Waals surface area contributed by atoms with Gasteiger partial charge >= 0.3 is 0 Å². The summed E-state index contributed by atoms with van der Waals surface area (Å²) >= 11 is 0. The molecular weight excluding hydrogens is 356 g/mol. The first-order valence-corrected chi connectivity index (χ1v) is 10.3. The number of aromatic nitrogens is 4. The molecule has 8 nitrogen and oxygen atoms in total. The molecule has 8 heteroatoms. The van der Waals surface area contributed by atoms with Crippen molar-refractivity contribution in [2.75, 3.05) is 33.8 Å². The fourth-order valence-electron chi connectivity index (χ4n) is 4.87. The second-order valence-corrected chi connectivity index (χ2v) is 8.95. The molecule has 3 aliphatic rings. The minimum atomic E-state index is 0.0728. The van der Waals surface area contributed by atoms with E-state index in [4.69, 9.17) is 4.74 Å². The topological polar surface area (TPSA) is 75.9 Å². The summed E-state index contributed by atoms with van der Waals surface area (Å²) in [7, 11) is 4.30. The second kappa shape index (κ2) is 7.08. The molecule has 28 heavy (non-hydrogen) atoms. The molecule has 4 atom stereocenters. The molecule has 1 saturated heterocycles. The number of pyridine rings is 1. The number of carbonyl (C=O) groups is 1. The molecule has 1 amide bonds. The van der Waals surface area contributed by atoms with Gasteiger partial charge in [-0.3, -0.25) is 4.79 Å². The first-order valence-electron chi connectivity index (χ1n) is 10.3. The number of nitrogens with zero attached hydrogens (tertiary/aromatic N) is 6. The predicted molar refractivity (Wildman–Crippen MR) is 103 cm³/mol. The van der Waals surface area contributed by atoms with E-state index in [-0.39, 0.29) is 12.0 Å². The number of tetrazole rings is 1. The number of ether oxygens (including phenoxy) is 1. The molecule has 0 N–H and O–H groups in total. The standard InChI is InChI=1S/C20H28N6O2/c1-24(2)17-7-15-9-25(10-16(15)8-18(17)28-12-13-3-4-13)20(27)14-5-6-19-21-22-23-26(19)11-14/h5-6,11,13,15-18H,3-4,7-10,12H2,1-2H3/t15-,16+,17-,18-/m1/s1. The maximum atomic E-state index is 13.1. The van der Waals surface area contributed by atoms with Crippen LogP contribution in [-0.2, 0) is 4.74 Å². The summed E-state index contributed by atoms with van der Waals surface area (Å²) in [5, 5.41) is 11.4. The van der Waals surface area contributed by atoms with Gasteiger partial charge < -0.3 is 14.5 Å². The lowest BCUT2D eigenvalue weighted by Crippen LogP contribution is -2.48. The molecule has 3 heterocycles. The summed E-state index contributed by atoms with van der Waals surface area (Å²) in [4.78, 5) is 17.4. The van der Waals surface area contributed by atoms with Crippen LogP contribution in [0.25, 0.3) is 5.65 Å². The minimum Gasteiger partial charge on any atom is -0.376 e. The molecule has 0 aromatic carbocycles.